The Bertz CT molecular complexity index is 633. The number of hydrogen-bond donors (Lipinski definition) is 0. The molecule has 112 valence electrons. The van der Waals surface area contributed by atoms with Gasteiger partial charge in [0.2, 0.25) is 0 Å². The number of pyridine rings is 1. The third-order valence-electron chi connectivity index (χ3n) is 4.35. The molecule has 0 spiro atoms. The van der Waals surface area contributed by atoms with Crippen molar-refractivity contribution in [2.24, 2.45) is 0 Å². The first-order valence-electron chi connectivity index (χ1n) is 7.64. The zero-order valence-corrected chi connectivity index (χ0v) is 13.1. The fraction of sp³-hybridized carbons (Fsp3) is 0.471. The Balaban J connectivity index is 1.92. The van der Waals surface area contributed by atoms with E-state index in [9.17, 15) is 0 Å². The summed E-state index contributed by atoms with van der Waals surface area (Å²) in [4.78, 5) is 9.71. The smallest absolute Gasteiger partial charge is 0.129 e. The maximum absolute atomic E-state index is 5.32. The number of fused-ring (bicyclic) bond motifs is 1. The minimum atomic E-state index is 0.863. The second-order valence-corrected chi connectivity index (χ2v) is 5.60. The van der Waals surface area contributed by atoms with E-state index in [0.29, 0.717) is 0 Å². The molecule has 0 bridgehead atoms. The van der Waals surface area contributed by atoms with E-state index in [4.69, 9.17) is 9.72 Å². The van der Waals surface area contributed by atoms with Crippen LogP contribution in [0, 0.1) is 6.92 Å². The van der Waals surface area contributed by atoms with E-state index in [1.807, 2.05) is 12.1 Å². The lowest BCUT2D eigenvalue weighted by Gasteiger charge is -2.35. The monoisotopic (exact) mass is 285 g/mol. The van der Waals surface area contributed by atoms with E-state index in [1.54, 1.807) is 7.11 Å². The third-order valence-corrected chi connectivity index (χ3v) is 4.35. The highest BCUT2D eigenvalue weighted by atomic mass is 16.5. The van der Waals surface area contributed by atoms with Gasteiger partial charge in [-0.2, -0.15) is 0 Å². The highest BCUT2D eigenvalue weighted by Crippen LogP contribution is 2.26. The van der Waals surface area contributed by atoms with Crippen LogP contribution in [0.2, 0.25) is 0 Å². The number of anilines is 1. The van der Waals surface area contributed by atoms with Gasteiger partial charge < -0.3 is 14.5 Å². The number of likely N-dealkylation sites (N-methyl/N-ethyl adjacent to an activating group) is 1. The number of aryl methyl sites for hydroxylation is 1. The van der Waals surface area contributed by atoms with Crippen molar-refractivity contribution in [3.8, 4) is 5.75 Å². The van der Waals surface area contributed by atoms with Gasteiger partial charge in [-0.05, 0) is 37.2 Å². The average molecular weight is 285 g/mol. The quantitative estimate of drug-likeness (QED) is 0.867. The first kappa shape index (κ1) is 14.1. The first-order valence-corrected chi connectivity index (χ1v) is 7.64. The van der Waals surface area contributed by atoms with Crippen LogP contribution in [-0.4, -0.2) is 49.7 Å². The molecule has 0 amide bonds. The summed E-state index contributed by atoms with van der Waals surface area (Å²) in [5, 5.41) is 1.20. The van der Waals surface area contributed by atoms with E-state index in [0.717, 1.165) is 49.8 Å². The van der Waals surface area contributed by atoms with E-state index in [2.05, 4.69) is 35.8 Å². The predicted molar refractivity (Wildman–Crippen MR) is 87.4 cm³/mol. The summed E-state index contributed by atoms with van der Waals surface area (Å²) in [6.45, 7) is 9.85. The van der Waals surface area contributed by atoms with Crippen molar-refractivity contribution in [2.45, 2.75) is 13.8 Å². The summed E-state index contributed by atoms with van der Waals surface area (Å²) in [5.74, 6) is 1.95. The number of hydrogen-bond acceptors (Lipinski definition) is 4. The summed E-state index contributed by atoms with van der Waals surface area (Å²) in [5.41, 5.74) is 2.29. The number of aromatic nitrogens is 1. The molecule has 0 aliphatic carbocycles. The molecule has 0 radical (unpaired) electrons. The Morgan fingerprint density at radius 1 is 1.14 bits per heavy atom. The molecule has 0 atom stereocenters. The third kappa shape index (κ3) is 2.81. The molecule has 1 aliphatic rings. The summed E-state index contributed by atoms with van der Waals surface area (Å²) in [6.07, 6.45) is 0. The topological polar surface area (TPSA) is 28.6 Å². The van der Waals surface area contributed by atoms with Crippen molar-refractivity contribution in [3.63, 3.8) is 0 Å². The average Bonchev–Trinajstić information content (AvgIpc) is 2.54. The van der Waals surface area contributed by atoms with Crippen LogP contribution >= 0.6 is 0 Å². The van der Waals surface area contributed by atoms with Crippen LogP contribution in [0.4, 0.5) is 5.82 Å². The highest BCUT2D eigenvalue weighted by molar-refractivity contribution is 5.85. The van der Waals surface area contributed by atoms with E-state index in [-0.39, 0.29) is 0 Å². The van der Waals surface area contributed by atoms with Crippen molar-refractivity contribution in [1.29, 1.82) is 0 Å². The van der Waals surface area contributed by atoms with Crippen LogP contribution < -0.4 is 9.64 Å². The van der Waals surface area contributed by atoms with Gasteiger partial charge in [-0.25, -0.2) is 4.98 Å². The molecular formula is C17H23N3O. The van der Waals surface area contributed by atoms with Crippen molar-refractivity contribution in [1.82, 2.24) is 9.88 Å². The maximum Gasteiger partial charge on any atom is 0.129 e. The molecule has 0 saturated carbocycles. The molecule has 2 aromatic rings. The Morgan fingerprint density at radius 3 is 2.57 bits per heavy atom. The first-order chi connectivity index (χ1) is 10.2. The van der Waals surface area contributed by atoms with Crippen molar-refractivity contribution in [3.05, 3.63) is 29.8 Å². The molecular weight excluding hydrogens is 262 g/mol. The van der Waals surface area contributed by atoms with Gasteiger partial charge in [0.05, 0.1) is 12.6 Å². The van der Waals surface area contributed by atoms with Crippen LogP contribution in [0.3, 0.4) is 0 Å². The molecule has 1 aliphatic heterocycles. The molecule has 1 aromatic carbocycles. The summed E-state index contributed by atoms with van der Waals surface area (Å²) >= 11 is 0. The molecule has 4 heteroatoms. The highest BCUT2D eigenvalue weighted by Gasteiger charge is 2.17. The van der Waals surface area contributed by atoms with Gasteiger partial charge in [0.1, 0.15) is 11.6 Å². The molecule has 21 heavy (non-hydrogen) atoms. The fourth-order valence-electron chi connectivity index (χ4n) is 2.95. The Hall–Kier alpha value is -1.81. The minimum absolute atomic E-state index is 0.863. The summed E-state index contributed by atoms with van der Waals surface area (Å²) in [7, 11) is 1.70. The van der Waals surface area contributed by atoms with Gasteiger partial charge in [-0.1, -0.05) is 6.92 Å². The molecule has 1 aromatic heterocycles. The normalized spacial score (nSPS) is 16.4. The van der Waals surface area contributed by atoms with Gasteiger partial charge in [-0.15, -0.1) is 0 Å². The van der Waals surface area contributed by atoms with Crippen LogP contribution in [0.15, 0.2) is 24.3 Å². The lowest BCUT2D eigenvalue weighted by Crippen LogP contribution is -2.46. The molecule has 2 heterocycles. The van der Waals surface area contributed by atoms with Crippen LogP contribution in [0.1, 0.15) is 12.5 Å². The van der Waals surface area contributed by atoms with Gasteiger partial charge in [0.25, 0.3) is 0 Å². The van der Waals surface area contributed by atoms with Crippen LogP contribution in [-0.2, 0) is 0 Å². The number of nitrogens with zero attached hydrogens (tertiary/aromatic N) is 3. The lowest BCUT2D eigenvalue weighted by molar-refractivity contribution is 0.270. The largest absolute Gasteiger partial charge is 0.497 e. The SMILES string of the molecule is CCN1CCN(c2cc(C)c3ccc(OC)cc3n2)CC1. The van der Waals surface area contributed by atoms with Gasteiger partial charge >= 0.3 is 0 Å². The molecule has 1 saturated heterocycles. The van der Waals surface area contributed by atoms with Gasteiger partial charge in [0, 0.05) is 37.6 Å². The lowest BCUT2D eigenvalue weighted by atomic mass is 10.1. The molecule has 4 nitrogen and oxygen atoms in total. The zero-order valence-electron chi connectivity index (χ0n) is 13.1. The summed E-state index contributed by atoms with van der Waals surface area (Å²) in [6, 6.07) is 8.32. The maximum atomic E-state index is 5.32. The van der Waals surface area contributed by atoms with Crippen molar-refractivity contribution < 1.29 is 4.74 Å². The zero-order chi connectivity index (χ0) is 14.8. The second kappa shape index (κ2) is 5.90. The van der Waals surface area contributed by atoms with Crippen molar-refractivity contribution in [2.75, 3.05) is 44.7 Å². The standard InChI is InChI=1S/C17H23N3O/c1-4-19-7-9-20(10-8-19)17-11-13(2)15-6-5-14(21-3)12-16(15)18-17/h5-6,11-12H,4,7-10H2,1-3H3. The molecule has 3 rings (SSSR count). The number of ether oxygens (including phenoxy) is 1. The Kier molecular flexibility index (Phi) is 3.97. The van der Waals surface area contributed by atoms with Crippen LogP contribution in [0.25, 0.3) is 10.9 Å². The number of benzene rings is 1. The van der Waals surface area contributed by atoms with Crippen LogP contribution in [0.5, 0.6) is 5.75 Å². The molecule has 0 N–H and O–H groups in total. The Morgan fingerprint density at radius 2 is 1.90 bits per heavy atom. The Labute approximate surface area is 126 Å². The second-order valence-electron chi connectivity index (χ2n) is 5.60. The van der Waals surface area contributed by atoms with E-state index >= 15 is 0 Å². The van der Waals surface area contributed by atoms with Crippen molar-refractivity contribution >= 4 is 16.7 Å². The van der Waals surface area contributed by atoms with Gasteiger partial charge in [0.15, 0.2) is 0 Å². The fourth-order valence-corrected chi connectivity index (χ4v) is 2.95. The van der Waals surface area contributed by atoms with E-state index in [1.165, 1.54) is 10.9 Å². The summed E-state index contributed by atoms with van der Waals surface area (Å²) < 4.78 is 5.32. The predicted octanol–water partition coefficient (Wildman–Crippen LogP) is 2.69. The minimum Gasteiger partial charge on any atom is -0.497 e. The molecule has 1 fully saturated rings. The number of rotatable bonds is 3. The van der Waals surface area contributed by atoms with E-state index < -0.39 is 0 Å². The molecule has 0 unspecified atom stereocenters. The number of methoxy groups -OCH3 is 1. The van der Waals surface area contributed by atoms with Gasteiger partial charge in [-0.3, -0.25) is 0 Å². The number of piperazine rings is 1.